The van der Waals surface area contributed by atoms with E-state index in [9.17, 15) is 18.4 Å². The molecule has 0 spiro atoms. The maximum absolute atomic E-state index is 13.3. The van der Waals surface area contributed by atoms with Crippen LogP contribution in [0, 0.1) is 31.4 Å². The summed E-state index contributed by atoms with van der Waals surface area (Å²) in [7, 11) is 0. The Balaban J connectivity index is 1.66. The summed E-state index contributed by atoms with van der Waals surface area (Å²) in [6, 6.07) is 8.96. The van der Waals surface area contributed by atoms with Gasteiger partial charge in [-0.15, -0.1) is 0 Å². The monoisotopic (exact) mass is 357 g/mol. The molecule has 1 saturated heterocycles. The van der Waals surface area contributed by atoms with Crippen LogP contribution in [-0.4, -0.2) is 29.7 Å². The van der Waals surface area contributed by atoms with Gasteiger partial charge in [0.1, 0.15) is 0 Å². The topological polar surface area (TPSA) is 37.4 Å². The minimum absolute atomic E-state index is 0.113. The first kappa shape index (κ1) is 18.2. The van der Waals surface area contributed by atoms with E-state index in [2.05, 4.69) is 0 Å². The molecule has 0 radical (unpaired) electrons. The molecule has 0 aliphatic carbocycles. The molecule has 2 aromatic carbocycles. The number of piperidine rings is 1. The molecule has 136 valence electrons. The van der Waals surface area contributed by atoms with Crippen LogP contribution < -0.4 is 0 Å². The summed E-state index contributed by atoms with van der Waals surface area (Å²) >= 11 is 0. The Hall–Kier alpha value is -2.56. The standard InChI is InChI=1S/C21H21F2NO2/c1-13-3-5-17(14(2)11-13)20(25)15-7-9-24(10-8-15)21(26)16-4-6-18(22)19(23)12-16/h3-6,11-12,15H,7-10H2,1-2H3. The van der Waals surface area contributed by atoms with Gasteiger partial charge in [-0.05, 0) is 50.5 Å². The van der Waals surface area contributed by atoms with Crippen LogP contribution in [0.5, 0.6) is 0 Å². The number of rotatable bonds is 3. The Kier molecular flexibility index (Phi) is 5.16. The Morgan fingerprint density at radius 2 is 1.65 bits per heavy atom. The van der Waals surface area contributed by atoms with Crippen molar-refractivity contribution in [2.75, 3.05) is 13.1 Å². The summed E-state index contributed by atoms with van der Waals surface area (Å²) in [5, 5.41) is 0. The van der Waals surface area contributed by atoms with Gasteiger partial charge in [-0.1, -0.05) is 23.8 Å². The van der Waals surface area contributed by atoms with Crippen LogP contribution in [0.2, 0.25) is 0 Å². The third-order valence-corrected chi connectivity index (χ3v) is 4.97. The van der Waals surface area contributed by atoms with Crippen molar-refractivity contribution < 1.29 is 18.4 Å². The van der Waals surface area contributed by atoms with Crippen molar-refractivity contribution in [3.05, 3.63) is 70.3 Å². The molecule has 0 aromatic heterocycles. The number of hydrogen-bond acceptors (Lipinski definition) is 2. The summed E-state index contributed by atoms with van der Waals surface area (Å²) in [6.07, 6.45) is 1.14. The van der Waals surface area contributed by atoms with Crippen LogP contribution in [0.15, 0.2) is 36.4 Å². The fraction of sp³-hybridized carbons (Fsp3) is 0.333. The van der Waals surface area contributed by atoms with Gasteiger partial charge in [0.05, 0.1) is 0 Å². The zero-order chi connectivity index (χ0) is 18.8. The summed E-state index contributed by atoms with van der Waals surface area (Å²) in [5.41, 5.74) is 2.95. The van der Waals surface area contributed by atoms with Crippen molar-refractivity contribution in [1.82, 2.24) is 4.90 Å². The highest BCUT2D eigenvalue weighted by atomic mass is 19.2. The van der Waals surface area contributed by atoms with Crippen molar-refractivity contribution in [2.24, 2.45) is 5.92 Å². The van der Waals surface area contributed by atoms with Gasteiger partial charge in [0.15, 0.2) is 17.4 Å². The van der Waals surface area contributed by atoms with Gasteiger partial charge in [-0.2, -0.15) is 0 Å². The molecule has 1 amide bonds. The first-order valence-electron chi connectivity index (χ1n) is 8.72. The van der Waals surface area contributed by atoms with Gasteiger partial charge in [-0.25, -0.2) is 8.78 Å². The van der Waals surface area contributed by atoms with Gasteiger partial charge in [0, 0.05) is 30.1 Å². The number of nitrogens with zero attached hydrogens (tertiary/aromatic N) is 1. The number of amides is 1. The highest BCUT2D eigenvalue weighted by Crippen LogP contribution is 2.25. The maximum Gasteiger partial charge on any atom is 0.253 e. The van der Waals surface area contributed by atoms with Crippen molar-refractivity contribution in [3.63, 3.8) is 0 Å². The fourth-order valence-electron chi connectivity index (χ4n) is 3.47. The van der Waals surface area contributed by atoms with Crippen LogP contribution in [0.25, 0.3) is 0 Å². The lowest BCUT2D eigenvalue weighted by molar-refractivity contribution is 0.0649. The number of halogens is 2. The third kappa shape index (κ3) is 3.66. The average molecular weight is 357 g/mol. The number of carbonyl (C=O) groups excluding carboxylic acids is 2. The largest absolute Gasteiger partial charge is 0.339 e. The zero-order valence-corrected chi connectivity index (χ0v) is 14.9. The van der Waals surface area contributed by atoms with E-state index in [0.29, 0.717) is 25.9 Å². The van der Waals surface area contributed by atoms with E-state index in [4.69, 9.17) is 0 Å². The molecule has 0 bridgehead atoms. The Bertz CT molecular complexity index is 855. The summed E-state index contributed by atoms with van der Waals surface area (Å²) in [6.45, 7) is 4.78. The molecule has 5 heteroatoms. The molecule has 1 fully saturated rings. The molecule has 1 heterocycles. The normalized spacial score (nSPS) is 15.2. The third-order valence-electron chi connectivity index (χ3n) is 4.97. The second-order valence-corrected chi connectivity index (χ2v) is 6.88. The quantitative estimate of drug-likeness (QED) is 0.768. The van der Waals surface area contributed by atoms with E-state index in [1.54, 1.807) is 4.90 Å². The molecule has 2 aromatic rings. The average Bonchev–Trinajstić information content (AvgIpc) is 2.63. The fourth-order valence-corrected chi connectivity index (χ4v) is 3.47. The second-order valence-electron chi connectivity index (χ2n) is 6.88. The SMILES string of the molecule is Cc1ccc(C(=O)C2CCN(C(=O)c3ccc(F)c(F)c3)CC2)c(C)c1. The van der Waals surface area contributed by atoms with E-state index in [0.717, 1.165) is 28.8 Å². The minimum Gasteiger partial charge on any atom is -0.339 e. The minimum atomic E-state index is -1.03. The van der Waals surface area contributed by atoms with Crippen molar-refractivity contribution >= 4 is 11.7 Å². The molecule has 0 unspecified atom stereocenters. The smallest absolute Gasteiger partial charge is 0.253 e. The Morgan fingerprint density at radius 1 is 0.962 bits per heavy atom. The number of ketones is 1. The van der Waals surface area contributed by atoms with Crippen LogP contribution in [0.4, 0.5) is 8.78 Å². The number of hydrogen-bond donors (Lipinski definition) is 0. The lowest BCUT2D eigenvalue weighted by Crippen LogP contribution is -2.40. The Morgan fingerprint density at radius 3 is 2.27 bits per heavy atom. The highest BCUT2D eigenvalue weighted by molar-refractivity contribution is 5.99. The molecular formula is C21H21F2NO2. The van der Waals surface area contributed by atoms with E-state index < -0.39 is 11.6 Å². The molecule has 0 N–H and O–H groups in total. The lowest BCUT2D eigenvalue weighted by Gasteiger charge is -2.31. The zero-order valence-electron chi connectivity index (χ0n) is 14.9. The predicted molar refractivity (Wildman–Crippen MR) is 95.2 cm³/mol. The summed E-state index contributed by atoms with van der Waals surface area (Å²) in [4.78, 5) is 26.8. The van der Waals surface area contributed by atoms with Gasteiger partial charge in [0.25, 0.3) is 5.91 Å². The number of aryl methyl sites for hydroxylation is 2. The molecule has 1 aliphatic heterocycles. The molecular weight excluding hydrogens is 336 g/mol. The lowest BCUT2D eigenvalue weighted by atomic mass is 9.87. The number of likely N-dealkylation sites (tertiary alicyclic amines) is 1. The summed E-state index contributed by atoms with van der Waals surface area (Å²) < 4.78 is 26.4. The second kappa shape index (κ2) is 7.36. The number of benzene rings is 2. The van der Waals surface area contributed by atoms with Crippen LogP contribution >= 0.6 is 0 Å². The first-order chi connectivity index (χ1) is 12.4. The number of carbonyl (C=O) groups is 2. The van der Waals surface area contributed by atoms with Gasteiger partial charge < -0.3 is 4.90 Å². The molecule has 0 saturated carbocycles. The van der Waals surface area contributed by atoms with E-state index in [1.165, 1.54) is 6.07 Å². The van der Waals surface area contributed by atoms with Crippen LogP contribution in [0.1, 0.15) is 44.7 Å². The highest BCUT2D eigenvalue weighted by Gasteiger charge is 2.29. The van der Waals surface area contributed by atoms with Crippen molar-refractivity contribution in [2.45, 2.75) is 26.7 Å². The molecule has 0 atom stereocenters. The van der Waals surface area contributed by atoms with Crippen LogP contribution in [-0.2, 0) is 0 Å². The molecule has 3 rings (SSSR count). The Labute approximate surface area is 151 Å². The molecule has 26 heavy (non-hydrogen) atoms. The molecule has 3 nitrogen and oxygen atoms in total. The predicted octanol–water partition coefficient (Wildman–Crippen LogP) is 4.32. The van der Waals surface area contributed by atoms with Gasteiger partial charge >= 0.3 is 0 Å². The first-order valence-corrected chi connectivity index (χ1v) is 8.72. The van der Waals surface area contributed by atoms with Crippen LogP contribution in [0.3, 0.4) is 0 Å². The summed E-state index contributed by atoms with van der Waals surface area (Å²) in [5.74, 6) is -2.34. The maximum atomic E-state index is 13.3. The van der Waals surface area contributed by atoms with Gasteiger partial charge in [0.2, 0.25) is 0 Å². The molecule has 1 aliphatic rings. The van der Waals surface area contributed by atoms with Crippen molar-refractivity contribution in [3.8, 4) is 0 Å². The van der Waals surface area contributed by atoms with E-state index in [-0.39, 0.29) is 23.2 Å². The van der Waals surface area contributed by atoms with Crippen molar-refractivity contribution in [1.29, 1.82) is 0 Å². The van der Waals surface area contributed by atoms with Gasteiger partial charge in [-0.3, -0.25) is 9.59 Å². The van der Waals surface area contributed by atoms with E-state index in [1.807, 2.05) is 32.0 Å². The number of Topliss-reactive ketones (excluding diaryl/α,β-unsaturated/α-hetero) is 1. The van der Waals surface area contributed by atoms with E-state index >= 15 is 0 Å².